The Hall–Kier alpha value is -5.26. The summed E-state index contributed by atoms with van der Waals surface area (Å²) < 4.78 is 5.59. The van der Waals surface area contributed by atoms with Crippen molar-refractivity contribution in [3.05, 3.63) is 129 Å². The maximum absolute atomic E-state index is 13.9. The summed E-state index contributed by atoms with van der Waals surface area (Å²) in [7, 11) is 1.52. The number of thiophene rings is 1. The van der Waals surface area contributed by atoms with Gasteiger partial charge in [0.15, 0.2) is 0 Å². The second-order valence-electron chi connectivity index (χ2n) is 14.5. The summed E-state index contributed by atoms with van der Waals surface area (Å²) in [5.74, 6) is -1.67. The maximum Gasteiger partial charge on any atom is 0.335 e. The SMILES string of the molecule is C=C(O)CC(C)(CC(=O)N(Cc1cccc(C(=O)Nc2sc3c(c2C(=O)Nc2ccc(CCc4ccc(C(=O)O)cc4)cc2)CCCC3)c1)C1CC1)OC. The molecular formula is C43H47N3O7S. The number of hydrogen-bond donors (Lipinski definition) is 4. The van der Waals surface area contributed by atoms with Crippen molar-refractivity contribution < 1.29 is 34.1 Å². The molecule has 4 N–H and O–H groups in total. The van der Waals surface area contributed by atoms with Crippen molar-refractivity contribution in [2.24, 2.45) is 0 Å². The van der Waals surface area contributed by atoms with Crippen LogP contribution in [-0.2, 0) is 41.8 Å². The number of anilines is 2. The number of ether oxygens (including phenoxy) is 1. The van der Waals surface area contributed by atoms with Gasteiger partial charge in [-0.1, -0.05) is 43.0 Å². The highest BCUT2D eigenvalue weighted by molar-refractivity contribution is 7.17. The average Bonchev–Trinajstić information content (AvgIpc) is 3.93. The number of carboxylic acid groups (broad SMARTS) is 1. The van der Waals surface area contributed by atoms with Crippen LogP contribution in [0.5, 0.6) is 0 Å². The lowest BCUT2D eigenvalue weighted by Crippen LogP contribution is -2.40. The fourth-order valence-corrected chi connectivity index (χ4v) is 8.28. The van der Waals surface area contributed by atoms with Gasteiger partial charge in [-0.25, -0.2) is 4.79 Å². The van der Waals surface area contributed by atoms with E-state index in [9.17, 15) is 24.3 Å². The second-order valence-corrected chi connectivity index (χ2v) is 15.7. The number of hydrogen-bond acceptors (Lipinski definition) is 7. The van der Waals surface area contributed by atoms with Crippen LogP contribution in [0.25, 0.3) is 0 Å². The number of aryl methyl sites for hydroxylation is 3. The Morgan fingerprint density at radius 3 is 2.15 bits per heavy atom. The van der Waals surface area contributed by atoms with E-state index in [2.05, 4.69) is 17.2 Å². The maximum atomic E-state index is 13.9. The van der Waals surface area contributed by atoms with Crippen LogP contribution >= 0.6 is 11.3 Å². The molecule has 11 heteroatoms. The molecule has 1 saturated carbocycles. The van der Waals surface area contributed by atoms with Crippen LogP contribution in [0.1, 0.15) is 104 Å². The van der Waals surface area contributed by atoms with Gasteiger partial charge in [0.05, 0.1) is 28.9 Å². The Morgan fingerprint density at radius 1 is 0.852 bits per heavy atom. The van der Waals surface area contributed by atoms with Crippen LogP contribution in [0.3, 0.4) is 0 Å². The van der Waals surface area contributed by atoms with Crippen molar-refractivity contribution >= 4 is 45.7 Å². The van der Waals surface area contributed by atoms with Crippen molar-refractivity contribution in [1.82, 2.24) is 4.90 Å². The third-order valence-electron chi connectivity index (χ3n) is 10.2. The van der Waals surface area contributed by atoms with E-state index in [0.29, 0.717) is 28.4 Å². The number of aromatic carboxylic acids is 1. The lowest BCUT2D eigenvalue weighted by molar-refractivity contribution is -0.138. The molecule has 0 saturated heterocycles. The number of aliphatic hydroxyl groups excluding tert-OH is 1. The first-order valence-electron chi connectivity index (χ1n) is 18.4. The van der Waals surface area contributed by atoms with E-state index in [4.69, 9.17) is 9.84 Å². The number of carbonyl (C=O) groups is 4. The zero-order chi connectivity index (χ0) is 38.4. The van der Waals surface area contributed by atoms with Gasteiger partial charge in [-0.05, 0) is 117 Å². The molecule has 1 unspecified atom stereocenters. The van der Waals surface area contributed by atoms with E-state index in [0.717, 1.165) is 78.5 Å². The van der Waals surface area contributed by atoms with Crippen molar-refractivity contribution in [2.75, 3.05) is 17.7 Å². The van der Waals surface area contributed by atoms with Crippen molar-refractivity contribution in [3.8, 4) is 0 Å². The van der Waals surface area contributed by atoms with E-state index in [1.807, 2.05) is 47.4 Å². The standard InChI is InChI=1S/C43H47N3O7S/c1-27(47)24-43(2,53-3)25-37(48)46(34-21-22-34)26-30-7-6-8-32(23-30)39(49)45-41-38(35-9-4-5-10-36(35)54-41)40(50)44-33-19-15-29(16-20-33)12-11-28-13-17-31(18-14-28)42(51)52/h6-8,13-20,23,34,47H,1,4-5,9-12,21-22,24-26H2,2-3H3,(H,44,50)(H,45,49)(H,51,52). The van der Waals surface area contributed by atoms with E-state index >= 15 is 0 Å². The number of nitrogens with one attached hydrogen (secondary N) is 2. The fraction of sp³-hybridized carbons (Fsp3) is 0.349. The number of nitrogens with zero attached hydrogens (tertiary/aromatic N) is 1. The Morgan fingerprint density at radius 2 is 1.52 bits per heavy atom. The number of carbonyl (C=O) groups excluding carboxylic acids is 3. The molecule has 10 nitrogen and oxygen atoms in total. The first-order chi connectivity index (χ1) is 25.9. The second kappa shape index (κ2) is 16.8. The fourth-order valence-electron chi connectivity index (χ4n) is 7.00. The summed E-state index contributed by atoms with van der Waals surface area (Å²) in [4.78, 5) is 55.2. The minimum absolute atomic E-state index is 0.0397. The molecular weight excluding hydrogens is 703 g/mol. The highest BCUT2D eigenvalue weighted by atomic mass is 32.1. The van der Waals surface area contributed by atoms with Gasteiger partial charge >= 0.3 is 5.97 Å². The molecule has 0 radical (unpaired) electrons. The molecule has 0 bridgehead atoms. The number of amides is 3. The van der Waals surface area contributed by atoms with Gasteiger partial charge < -0.3 is 30.5 Å². The normalized spacial score (nSPS) is 14.7. The summed E-state index contributed by atoms with van der Waals surface area (Å²) in [6.07, 6.45) is 7.21. The lowest BCUT2D eigenvalue weighted by atomic mass is 9.95. The summed E-state index contributed by atoms with van der Waals surface area (Å²) in [6, 6.07) is 21.9. The van der Waals surface area contributed by atoms with Crippen molar-refractivity contribution in [3.63, 3.8) is 0 Å². The summed E-state index contributed by atoms with van der Waals surface area (Å²) in [5, 5.41) is 25.5. The first kappa shape index (κ1) is 38.5. The number of methoxy groups -OCH3 is 1. The predicted octanol–water partition coefficient (Wildman–Crippen LogP) is 8.36. The zero-order valence-electron chi connectivity index (χ0n) is 30.8. The van der Waals surface area contributed by atoms with E-state index in [1.54, 1.807) is 37.3 Å². The molecule has 1 fully saturated rings. The molecule has 1 heterocycles. The number of benzene rings is 3. The van der Waals surface area contributed by atoms with Crippen LogP contribution in [0, 0.1) is 0 Å². The minimum Gasteiger partial charge on any atom is -0.513 e. The molecule has 54 heavy (non-hydrogen) atoms. The first-order valence-corrected chi connectivity index (χ1v) is 19.2. The van der Waals surface area contributed by atoms with E-state index in [1.165, 1.54) is 18.4 Å². The molecule has 2 aliphatic carbocycles. The molecule has 2 aliphatic rings. The number of aliphatic hydroxyl groups is 1. The molecule has 282 valence electrons. The summed E-state index contributed by atoms with van der Waals surface area (Å²) in [5.41, 5.74) is 4.90. The number of carboxylic acids is 1. The molecule has 4 aromatic rings. The molecule has 0 spiro atoms. The third-order valence-corrected chi connectivity index (χ3v) is 11.4. The monoisotopic (exact) mass is 749 g/mol. The van der Waals surface area contributed by atoms with Gasteiger partial charge in [0.1, 0.15) is 5.00 Å². The highest BCUT2D eigenvalue weighted by Gasteiger charge is 2.37. The molecule has 1 aromatic heterocycles. The Labute approximate surface area is 319 Å². The third kappa shape index (κ3) is 9.64. The largest absolute Gasteiger partial charge is 0.513 e. The highest BCUT2D eigenvalue weighted by Crippen LogP contribution is 2.39. The number of fused-ring (bicyclic) bond motifs is 1. The van der Waals surface area contributed by atoms with Gasteiger partial charge in [-0.3, -0.25) is 14.4 Å². The van der Waals surface area contributed by atoms with Crippen LogP contribution < -0.4 is 10.6 Å². The molecule has 0 aliphatic heterocycles. The summed E-state index contributed by atoms with van der Waals surface area (Å²) >= 11 is 1.46. The van der Waals surface area contributed by atoms with Crippen molar-refractivity contribution in [1.29, 1.82) is 0 Å². The van der Waals surface area contributed by atoms with Gasteiger partial charge in [-0.15, -0.1) is 11.3 Å². The lowest BCUT2D eigenvalue weighted by Gasteiger charge is -2.31. The zero-order valence-corrected chi connectivity index (χ0v) is 31.6. The van der Waals surface area contributed by atoms with E-state index < -0.39 is 11.6 Å². The summed E-state index contributed by atoms with van der Waals surface area (Å²) in [6.45, 7) is 5.69. The van der Waals surface area contributed by atoms with Gasteiger partial charge in [0.2, 0.25) is 5.91 Å². The molecule has 3 aromatic carbocycles. The Kier molecular flexibility index (Phi) is 12.0. The van der Waals surface area contributed by atoms with Crippen LogP contribution in [0.15, 0.2) is 85.1 Å². The topological polar surface area (TPSA) is 145 Å². The Bertz CT molecular complexity index is 2030. The molecule has 1 atom stereocenters. The Balaban J connectivity index is 1.12. The van der Waals surface area contributed by atoms with Crippen LogP contribution in [0.4, 0.5) is 10.7 Å². The van der Waals surface area contributed by atoms with Gasteiger partial charge in [-0.2, -0.15) is 0 Å². The molecule has 3 amide bonds. The predicted molar refractivity (Wildman–Crippen MR) is 211 cm³/mol. The average molecular weight is 750 g/mol. The smallest absolute Gasteiger partial charge is 0.335 e. The van der Waals surface area contributed by atoms with Crippen LogP contribution in [-0.4, -0.2) is 57.6 Å². The quantitative estimate of drug-likeness (QED) is 0.0843. The molecule has 6 rings (SSSR count). The van der Waals surface area contributed by atoms with Crippen LogP contribution in [0.2, 0.25) is 0 Å². The van der Waals surface area contributed by atoms with Crippen molar-refractivity contribution in [2.45, 2.75) is 89.3 Å². The minimum atomic E-state index is -0.945. The van der Waals surface area contributed by atoms with Gasteiger partial charge in [0.25, 0.3) is 11.8 Å². The van der Waals surface area contributed by atoms with E-state index in [-0.39, 0.29) is 47.9 Å². The number of rotatable bonds is 16. The van der Waals surface area contributed by atoms with Gasteiger partial charge in [0, 0.05) is 42.2 Å².